The maximum Gasteiger partial charge on any atom is 0.225 e. The van der Waals surface area contributed by atoms with E-state index in [1.807, 2.05) is 0 Å². The van der Waals surface area contributed by atoms with Gasteiger partial charge >= 0.3 is 0 Å². The largest absolute Gasteiger partial charge is 0.379 e. The standard InChI is InChI=1S/C37H67N5O3/c1-7-42(32-14-12-31(13-15-32)40(5)6)35-22-30(29-10-8-28(9-11-29)24-41-16-18-45-19-17-41)21-33(27(35)4)36(43)38-23-34-25(2)20-26(3)39-37(34)44/h25-35H,7-24H2,1-6H3,(H,38,43)(H,39,44). The molecule has 8 heteroatoms. The zero-order valence-corrected chi connectivity index (χ0v) is 29.6. The molecule has 8 nitrogen and oxygen atoms in total. The molecule has 0 aromatic heterocycles. The summed E-state index contributed by atoms with van der Waals surface area (Å²) >= 11 is 0. The van der Waals surface area contributed by atoms with Gasteiger partial charge in [0.2, 0.25) is 11.8 Å². The van der Waals surface area contributed by atoms with Crippen molar-refractivity contribution in [3.8, 4) is 0 Å². The van der Waals surface area contributed by atoms with Gasteiger partial charge in [-0.1, -0.05) is 20.8 Å². The van der Waals surface area contributed by atoms with Crippen molar-refractivity contribution in [2.75, 3.05) is 60.0 Å². The molecule has 0 spiro atoms. The van der Waals surface area contributed by atoms with Gasteiger partial charge < -0.3 is 20.3 Å². The highest BCUT2D eigenvalue weighted by Crippen LogP contribution is 2.46. The van der Waals surface area contributed by atoms with E-state index in [4.69, 9.17) is 4.74 Å². The third kappa shape index (κ3) is 8.83. The molecule has 0 aromatic rings. The predicted molar refractivity (Wildman–Crippen MR) is 182 cm³/mol. The molecular formula is C37H67N5O3. The van der Waals surface area contributed by atoms with E-state index < -0.39 is 0 Å². The molecule has 5 aliphatic rings. The highest BCUT2D eigenvalue weighted by molar-refractivity contribution is 5.83. The Bertz CT molecular complexity index is 940. The molecule has 2 saturated heterocycles. The number of amides is 2. The van der Waals surface area contributed by atoms with Gasteiger partial charge in [-0.05, 0) is 128 Å². The number of hydrogen-bond donors (Lipinski definition) is 2. The number of carbonyl (C=O) groups excluding carboxylic acids is 2. The van der Waals surface area contributed by atoms with Crippen LogP contribution in [0.3, 0.4) is 0 Å². The number of piperidine rings is 1. The van der Waals surface area contributed by atoms with Gasteiger partial charge in [-0.25, -0.2) is 0 Å². The second-order valence-corrected chi connectivity index (χ2v) is 16.2. The van der Waals surface area contributed by atoms with Gasteiger partial charge in [0.1, 0.15) is 0 Å². The fourth-order valence-corrected chi connectivity index (χ4v) is 10.3. The summed E-state index contributed by atoms with van der Waals surface area (Å²) < 4.78 is 5.59. The van der Waals surface area contributed by atoms with Crippen LogP contribution in [0.4, 0.5) is 0 Å². The highest BCUT2D eigenvalue weighted by Gasteiger charge is 2.46. The van der Waals surface area contributed by atoms with Crippen molar-refractivity contribution >= 4 is 11.8 Å². The minimum Gasteiger partial charge on any atom is -0.379 e. The van der Waals surface area contributed by atoms with Crippen LogP contribution in [0.15, 0.2) is 0 Å². The van der Waals surface area contributed by atoms with Crippen LogP contribution in [0.2, 0.25) is 0 Å². The quantitative estimate of drug-likeness (QED) is 0.367. The highest BCUT2D eigenvalue weighted by atomic mass is 16.5. The summed E-state index contributed by atoms with van der Waals surface area (Å²) in [6, 6.07) is 1.99. The predicted octanol–water partition coefficient (Wildman–Crippen LogP) is 4.63. The Morgan fingerprint density at radius 1 is 0.911 bits per heavy atom. The van der Waals surface area contributed by atoms with Crippen LogP contribution < -0.4 is 10.6 Å². The van der Waals surface area contributed by atoms with Gasteiger partial charge in [0.15, 0.2) is 0 Å². The summed E-state index contributed by atoms with van der Waals surface area (Å²) in [4.78, 5) is 34.8. The Hall–Kier alpha value is -1.22. The Balaban J connectivity index is 1.26. The number of hydrogen-bond acceptors (Lipinski definition) is 6. The Kier molecular flexibility index (Phi) is 12.7. The van der Waals surface area contributed by atoms with Gasteiger partial charge in [0, 0.05) is 56.3 Å². The van der Waals surface area contributed by atoms with Crippen molar-refractivity contribution in [1.29, 1.82) is 0 Å². The van der Waals surface area contributed by atoms with Crippen LogP contribution >= 0.6 is 0 Å². The molecule has 7 atom stereocenters. The third-order valence-corrected chi connectivity index (χ3v) is 13.1. The van der Waals surface area contributed by atoms with Crippen molar-refractivity contribution in [1.82, 2.24) is 25.3 Å². The zero-order valence-electron chi connectivity index (χ0n) is 29.6. The number of morpholine rings is 1. The number of rotatable bonds is 10. The average molecular weight is 630 g/mol. The normalized spacial score (nSPS) is 40.4. The van der Waals surface area contributed by atoms with Crippen LogP contribution in [0, 0.1) is 41.4 Å². The number of carbonyl (C=O) groups is 2. The van der Waals surface area contributed by atoms with E-state index in [2.05, 4.69) is 67.1 Å². The topological polar surface area (TPSA) is 77.2 Å². The molecule has 3 aliphatic carbocycles. The Labute approximate surface area is 275 Å². The molecular weight excluding hydrogens is 562 g/mol. The summed E-state index contributed by atoms with van der Waals surface area (Å²) in [7, 11) is 4.46. The molecule has 3 saturated carbocycles. The zero-order chi connectivity index (χ0) is 32.1. The minimum atomic E-state index is -0.128. The van der Waals surface area contributed by atoms with Gasteiger partial charge in [-0.2, -0.15) is 0 Å². The first-order valence-corrected chi connectivity index (χ1v) is 18.9. The fraction of sp³-hybridized carbons (Fsp3) is 0.946. The van der Waals surface area contributed by atoms with Crippen LogP contribution in [-0.4, -0.2) is 111 Å². The Morgan fingerprint density at radius 3 is 2.20 bits per heavy atom. The third-order valence-electron chi connectivity index (χ3n) is 13.1. The number of nitrogens with zero attached hydrogens (tertiary/aromatic N) is 3. The lowest BCUT2D eigenvalue weighted by atomic mass is 9.63. The molecule has 7 unspecified atom stereocenters. The molecule has 2 N–H and O–H groups in total. The summed E-state index contributed by atoms with van der Waals surface area (Å²) in [5.74, 6) is 2.95. The van der Waals surface area contributed by atoms with E-state index >= 15 is 0 Å². The van der Waals surface area contributed by atoms with Crippen molar-refractivity contribution in [2.24, 2.45) is 41.4 Å². The smallest absolute Gasteiger partial charge is 0.225 e. The van der Waals surface area contributed by atoms with Crippen LogP contribution in [0.25, 0.3) is 0 Å². The Morgan fingerprint density at radius 2 is 1.58 bits per heavy atom. The summed E-state index contributed by atoms with van der Waals surface area (Å²) in [6.07, 6.45) is 13.6. The summed E-state index contributed by atoms with van der Waals surface area (Å²) in [5, 5.41) is 6.46. The van der Waals surface area contributed by atoms with E-state index in [1.54, 1.807) is 0 Å². The molecule has 0 radical (unpaired) electrons. The lowest BCUT2D eigenvalue weighted by Crippen LogP contribution is -2.56. The first kappa shape index (κ1) is 35.1. The van der Waals surface area contributed by atoms with Gasteiger partial charge in [-0.15, -0.1) is 0 Å². The van der Waals surface area contributed by atoms with Gasteiger partial charge in [0.25, 0.3) is 0 Å². The van der Waals surface area contributed by atoms with E-state index in [-0.39, 0.29) is 29.7 Å². The lowest BCUT2D eigenvalue weighted by molar-refractivity contribution is -0.133. The molecule has 2 heterocycles. The van der Waals surface area contributed by atoms with E-state index in [9.17, 15) is 9.59 Å². The maximum atomic E-state index is 14.1. The lowest BCUT2D eigenvalue weighted by Gasteiger charge is -2.51. The molecule has 0 aromatic carbocycles. The number of ether oxygens (including phenoxy) is 1. The first-order valence-electron chi connectivity index (χ1n) is 18.9. The fourth-order valence-electron chi connectivity index (χ4n) is 10.3. The molecule has 45 heavy (non-hydrogen) atoms. The molecule has 0 bridgehead atoms. The van der Waals surface area contributed by atoms with E-state index in [1.165, 1.54) is 64.3 Å². The molecule has 5 rings (SSSR count). The molecule has 2 aliphatic heterocycles. The van der Waals surface area contributed by atoms with Crippen molar-refractivity contribution in [3.05, 3.63) is 0 Å². The monoisotopic (exact) mass is 630 g/mol. The molecule has 2 amide bonds. The van der Waals surface area contributed by atoms with Crippen LogP contribution in [0.5, 0.6) is 0 Å². The average Bonchev–Trinajstić information content (AvgIpc) is 3.02. The van der Waals surface area contributed by atoms with Gasteiger partial charge in [-0.3, -0.25) is 19.4 Å². The van der Waals surface area contributed by atoms with E-state index in [0.29, 0.717) is 42.4 Å². The van der Waals surface area contributed by atoms with Crippen molar-refractivity contribution < 1.29 is 14.3 Å². The van der Waals surface area contributed by atoms with Crippen LogP contribution in [-0.2, 0) is 14.3 Å². The number of nitrogens with one attached hydrogen (secondary N) is 2. The maximum absolute atomic E-state index is 14.1. The van der Waals surface area contributed by atoms with Gasteiger partial charge in [0.05, 0.1) is 19.1 Å². The second-order valence-electron chi connectivity index (χ2n) is 16.2. The van der Waals surface area contributed by atoms with Crippen molar-refractivity contribution in [2.45, 2.75) is 122 Å². The molecule has 258 valence electrons. The van der Waals surface area contributed by atoms with E-state index in [0.717, 1.165) is 57.5 Å². The van der Waals surface area contributed by atoms with Crippen molar-refractivity contribution in [3.63, 3.8) is 0 Å². The summed E-state index contributed by atoms with van der Waals surface area (Å²) in [5.41, 5.74) is 0. The molecule has 5 fully saturated rings. The minimum absolute atomic E-state index is 0.0212. The SMILES string of the molecule is CCN(C1CCC(N(C)C)CC1)C1CC(C2CCC(CN3CCOCC3)CC2)CC(C(=O)NCC2C(=O)NC(C)CC2C)C1C. The van der Waals surface area contributed by atoms with Crippen LogP contribution in [0.1, 0.15) is 98.3 Å². The second kappa shape index (κ2) is 16.3. The summed E-state index contributed by atoms with van der Waals surface area (Å²) in [6.45, 7) is 15.7. The first-order chi connectivity index (χ1) is 21.6.